The fraction of sp³-hybridized carbons (Fsp3) is 0.148. The molecule has 0 spiro atoms. The molecule has 0 saturated heterocycles. The van der Waals surface area contributed by atoms with Crippen molar-refractivity contribution >= 4 is 34.1 Å². The third-order valence-corrected chi connectivity index (χ3v) is 5.78. The van der Waals surface area contributed by atoms with Gasteiger partial charge in [-0.25, -0.2) is 4.79 Å². The van der Waals surface area contributed by atoms with Gasteiger partial charge in [-0.1, -0.05) is 47.6 Å². The first-order valence-electron chi connectivity index (χ1n) is 11.0. The van der Waals surface area contributed by atoms with E-state index < -0.39 is 10.9 Å². The summed E-state index contributed by atoms with van der Waals surface area (Å²) in [6, 6.07) is 21.6. The highest BCUT2D eigenvalue weighted by molar-refractivity contribution is 6.47. The molecule has 0 amide bonds. The normalized spacial score (nSPS) is 11.5. The number of carbonyl (C=O) groups is 2. The predicted octanol–water partition coefficient (Wildman–Crippen LogP) is 5.56. The van der Waals surface area contributed by atoms with Gasteiger partial charge in [0.25, 0.3) is 5.69 Å². The van der Waals surface area contributed by atoms with Crippen LogP contribution in [-0.4, -0.2) is 27.0 Å². The number of ketones is 1. The topological polar surface area (TPSA) is 104 Å². The molecule has 1 heterocycles. The van der Waals surface area contributed by atoms with Crippen molar-refractivity contribution in [1.29, 1.82) is 0 Å². The number of aromatic nitrogens is 1. The fourth-order valence-corrected chi connectivity index (χ4v) is 4.08. The predicted molar refractivity (Wildman–Crippen MR) is 133 cm³/mol. The lowest BCUT2D eigenvalue weighted by atomic mass is 9.97. The van der Waals surface area contributed by atoms with Crippen LogP contribution in [0.2, 0.25) is 0 Å². The molecule has 0 saturated carbocycles. The second-order valence-electron chi connectivity index (χ2n) is 8.14. The Kier molecular flexibility index (Phi) is 6.55. The summed E-state index contributed by atoms with van der Waals surface area (Å²) in [6.45, 7) is 4.72. The van der Waals surface area contributed by atoms with Crippen LogP contribution in [0.3, 0.4) is 0 Å². The number of non-ortho nitro benzene ring substituents is 1. The van der Waals surface area contributed by atoms with E-state index in [0.717, 1.165) is 16.6 Å². The number of aryl methyl sites for hydroxylation is 1. The average Bonchev–Trinajstić information content (AvgIpc) is 3.17. The Labute approximate surface area is 201 Å². The first-order chi connectivity index (χ1) is 16.8. The lowest BCUT2D eigenvalue weighted by molar-refractivity contribution is -0.384. The molecule has 8 heteroatoms. The van der Waals surface area contributed by atoms with Crippen LogP contribution < -0.4 is 0 Å². The maximum atomic E-state index is 13.6. The van der Waals surface area contributed by atoms with Crippen LogP contribution in [0.5, 0.6) is 0 Å². The van der Waals surface area contributed by atoms with Crippen LogP contribution in [0.1, 0.15) is 41.0 Å². The Bertz CT molecular complexity index is 1480. The number of oxime groups is 1. The number of fused-ring (bicyclic) bond motifs is 1. The van der Waals surface area contributed by atoms with E-state index in [1.54, 1.807) is 12.1 Å². The molecule has 0 atom stereocenters. The zero-order chi connectivity index (χ0) is 25.1. The summed E-state index contributed by atoms with van der Waals surface area (Å²) in [4.78, 5) is 40.3. The highest BCUT2D eigenvalue weighted by Gasteiger charge is 2.26. The Morgan fingerprint density at radius 3 is 2.29 bits per heavy atom. The minimum absolute atomic E-state index is 0.0219. The molecule has 176 valence electrons. The van der Waals surface area contributed by atoms with E-state index >= 15 is 0 Å². The number of nitro groups is 1. The van der Waals surface area contributed by atoms with E-state index in [4.69, 9.17) is 4.84 Å². The molecule has 0 aliphatic heterocycles. The Morgan fingerprint density at radius 1 is 0.971 bits per heavy atom. The zero-order valence-electron chi connectivity index (χ0n) is 19.5. The number of nitrogens with zero attached hydrogens (tertiary/aromatic N) is 3. The van der Waals surface area contributed by atoms with Crippen molar-refractivity contribution in [2.75, 3.05) is 0 Å². The Hall–Kier alpha value is -4.59. The third kappa shape index (κ3) is 4.72. The number of carbonyl (C=O) groups excluding carboxylic acids is 2. The largest absolute Gasteiger partial charge is 0.331 e. The van der Waals surface area contributed by atoms with Gasteiger partial charge in [0.1, 0.15) is 5.71 Å². The second-order valence-corrected chi connectivity index (χ2v) is 8.14. The van der Waals surface area contributed by atoms with Gasteiger partial charge in [-0.05, 0) is 43.2 Å². The SMILES string of the molecule is CC(=O)O/N=C(\C)C(=O)c1c(Cc2ccccc2C)n(-c2ccc([N+](=O)[O-])cc2)c2ccccc12. The summed E-state index contributed by atoms with van der Waals surface area (Å²) in [5.74, 6) is -0.989. The molecule has 0 fully saturated rings. The molecule has 0 aliphatic carbocycles. The number of nitro benzene ring substituents is 1. The van der Waals surface area contributed by atoms with E-state index in [9.17, 15) is 19.7 Å². The average molecular weight is 469 g/mol. The molecule has 3 aromatic carbocycles. The van der Waals surface area contributed by atoms with Gasteiger partial charge in [-0.15, -0.1) is 0 Å². The molecule has 4 aromatic rings. The van der Waals surface area contributed by atoms with Gasteiger partial charge in [0.2, 0.25) is 5.78 Å². The molecule has 0 bridgehead atoms. The lowest BCUT2D eigenvalue weighted by Crippen LogP contribution is -2.15. The molecule has 8 nitrogen and oxygen atoms in total. The lowest BCUT2D eigenvalue weighted by Gasteiger charge is -2.14. The summed E-state index contributed by atoms with van der Waals surface area (Å²) in [6.07, 6.45) is 0.431. The van der Waals surface area contributed by atoms with Gasteiger partial charge >= 0.3 is 5.97 Å². The number of hydrogen-bond acceptors (Lipinski definition) is 6. The smallest absolute Gasteiger partial charge is 0.318 e. The minimum Gasteiger partial charge on any atom is -0.318 e. The quantitative estimate of drug-likeness (QED) is 0.116. The van der Waals surface area contributed by atoms with Crippen LogP contribution >= 0.6 is 0 Å². The van der Waals surface area contributed by atoms with Crippen LogP contribution in [0.4, 0.5) is 5.69 Å². The summed E-state index contributed by atoms with van der Waals surface area (Å²) in [7, 11) is 0. The molecule has 0 unspecified atom stereocenters. The number of rotatable bonds is 7. The Morgan fingerprint density at radius 2 is 1.63 bits per heavy atom. The van der Waals surface area contributed by atoms with Crippen LogP contribution in [0.25, 0.3) is 16.6 Å². The maximum Gasteiger partial charge on any atom is 0.331 e. The van der Waals surface area contributed by atoms with Crippen molar-refractivity contribution in [3.05, 3.63) is 105 Å². The van der Waals surface area contributed by atoms with Gasteiger partial charge in [-0.2, -0.15) is 0 Å². The molecule has 4 rings (SSSR count). The van der Waals surface area contributed by atoms with Crippen molar-refractivity contribution in [2.45, 2.75) is 27.2 Å². The van der Waals surface area contributed by atoms with E-state index in [-0.39, 0.29) is 17.2 Å². The number of benzene rings is 3. The summed E-state index contributed by atoms with van der Waals surface area (Å²) in [5, 5.41) is 15.6. The van der Waals surface area contributed by atoms with Crippen molar-refractivity contribution < 1.29 is 19.3 Å². The second kappa shape index (κ2) is 9.72. The van der Waals surface area contributed by atoms with E-state index in [1.165, 1.54) is 26.0 Å². The Balaban J connectivity index is 2.00. The molecule has 0 aliphatic rings. The molecule has 35 heavy (non-hydrogen) atoms. The van der Waals surface area contributed by atoms with Gasteiger partial charge < -0.3 is 9.40 Å². The molecular formula is C27H23N3O5. The van der Waals surface area contributed by atoms with Crippen molar-refractivity contribution in [1.82, 2.24) is 4.57 Å². The fourth-order valence-electron chi connectivity index (χ4n) is 4.08. The van der Waals surface area contributed by atoms with Crippen LogP contribution in [-0.2, 0) is 16.1 Å². The highest BCUT2D eigenvalue weighted by atomic mass is 16.7. The highest BCUT2D eigenvalue weighted by Crippen LogP contribution is 2.33. The zero-order valence-corrected chi connectivity index (χ0v) is 19.5. The van der Waals surface area contributed by atoms with E-state index in [2.05, 4.69) is 5.16 Å². The number of para-hydroxylation sites is 1. The summed E-state index contributed by atoms with van der Waals surface area (Å²) < 4.78 is 1.94. The van der Waals surface area contributed by atoms with Crippen molar-refractivity contribution in [2.24, 2.45) is 5.16 Å². The molecule has 1 aromatic heterocycles. The monoisotopic (exact) mass is 469 g/mol. The summed E-state index contributed by atoms with van der Waals surface area (Å²) in [5.41, 5.74) is 4.72. The van der Waals surface area contributed by atoms with E-state index in [1.807, 2.05) is 60.0 Å². The molecule has 0 N–H and O–H groups in total. The first-order valence-corrected chi connectivity index (χ1v) is 11.0. The number of Topliss-reactive ketones (excluding diaryl/α,β-unsaturated/α-hetero) is 1. The third-order valence-electron chi connectivity index (χ3n) is 5.78. The van der Waals surface area contributed by atoms with Crippen molar-refractivity contribution in [3.8, 4) is 5.69 Å². The number of hydrogen-bond donors (Lipinski definition) is 0. The molecular weight excluding hydrogens is 446 g/mol. The van der Waals surface area contributed by atoms with Gasteiger partial charge in [0.15, 0.2) is 0 Å². The van der Waals surface area contributed by atoms with Crippen LogP contribution in [0, 0.1) is 17.0 Å². The van der Waals surface area contributed by atoms with Crippen molar-refractivity contribution in [3.63, 3.8) is 0 Å². The van der Waals surface area contributed by atoms with Crippen LogP contribution in [0.15, 0.2) is 78.0 Å². The van der Waals surface area contributed by atoms with E-state index in [0.29, 0.717) is 28.8 Å². The minimum atomic E-state index is -0.620. The van der Waals surface area contributed by atoms with Gasteiger partial charge in [-0.3, -0.25) is 14.9 Å². The summed E-state index contributed by atoms with van der Waals surface area (Å²) >= 11 is 0. The maximum absolute atomic E-state index is 13.6. The first kappa shape index (κ1) is 23.6. The standard InChI is InChI=1S/C27H23N3O5/c1-17-8-4-5-9-20(17)16-25-26(27(32)18(2)28-35-19(3)31)23-10-6-7-11-24(23)29(25)21-12-14-22(15-13-21)30(33)34/h4-15H,16H2,1-3H3/b28-18+. The van der Waals surface area contributed by atoms with Gasteiger partial charge in [0, 0.05) is 42.2 Å². The molecule has 0 radical (unpaired) electrons. The van der Waals surface area contributed by atoms with Gasteiger partial charge in [0.05, 0.1) is 16.0 Å².